The van der Waals surface area contributed by atoms with Gasteiger partial charge < -0.3 is 47.1 Å². The molecule has 1 aromatic heterocycles. The maximum atomic E-state index is 14.5. The number of hydrogen-bond acceptors (Lipinski definition) is 9. The normalized spacial score (nSPS) is 17.3. The largest absolute Gasteiger partial charge is 0.508 e. The van der Waals surface area contributed by atoms with Crippen molar-refractivity contribution in [1.29, 1.82) is 0 Å². The van der Waals surface area contributed by atoms with E-state index in [4.69, 9.17) is 5.73 Å². The van der Waals surface area contributed by atoms with E-state index in [1.807, 2.05) is 13.0 Å². The second-order valence-corrected chi connectivity index (χ2v) is 15.0. The highest BCUT2D eigenvalue weighted by Crippen LogP contribution is 2.21. The van der Waals surface area contributed by atoms with Crippen molar-refractivity contribution in [3.8, 4) is 5.75 Å². The van der Waals surface area contributed by atoms with Crippen molar-refractivity contribution >= 4 is 35.5 Å². The van der Waals surface area contributed by atoms with Crippen molar-refractivity contribution in [1.82, 2.24) is 36.1 Å². The lowest BCUT2D eigenvalue weighted by molar-refractivity contribution is -0.147. The average molecular weight is 789 g/mol. The Kier molecular flexibility index (Phi) is 16.2. The fourth-order valence-corrected chi connectivity index (χ4v) is 6.67. The molecule has 1 aliphatic rings. The zero-order valence-electron chi connectivity index (χ0n) is 32.9. The number of piperidine rings is 1. The Bertz CT molecular complexity index is 1800. The first-order valence-corrected chi connectivity index (χ1v) is 19.5. The molecule has 0 unspecified atom stereocenters. The third-order valence-corrected chi connectivity index (χ3v) is 10.4. The molecular weight excluding hydrogens is 732 g/mol. The average Bonchev–Trinajstić information content (AvgIpc) is 3.72. The molecular formula is C41H56N8O8. The molecule has 16 heteroatoms. The summed E-state index contributed by atoms with van der Waals surface area (Å²) in [5.74, 6) is -4.85. The highest BCUT2D eigenvalue weighted by molar-refractivity contribution is 5.96. The van der Waals surface area contributed by atoms with Gasteiger partial charge in [0.2, 0.25) is 29.5 Å². The molecule has 7 atom stereocenters. The number of nitrogens with one attached hydrogen (secondary N) is 5. The van der Waals surface area contributed by atoms with Gasteiger partial charge in [0.05, 0.1) is 12.4 Å². The molecule has 0 radical (unpaired) electrons. The molecule has 1 aliphatic heterocycles. The van der Waals surface area contributed by atoms with Crippen LogP contribution in [0, 0.1) is 11.8 Å². The molecule has 0 bridgehead atoms. The van der Waals surface area contributed by atoms with E-state index in [1.165, 1.54) is 29.6 Å². The van der Waals surface area contributed by atoms with Crippen LogP contribution in [0.2, 0.25) is 0 Å². The van der Waals surface area contributed by atoms with Crippen molar-refractivity contribution < 1.29 is 39.0 Å². The van der Waals surface area contributed by atoms with E-state index in [0.717, 1.165) is 5.56 Å². The lowest BCUT2D eigenvalue weighted by atomic mass is 9.95. The van der Waals surface area contributed by atoms with Crippen LogP contribution in [0.15, 0.2) is 67.1 Å². The smallest absolute Gasteiger partial charge is 0.326 e. The minimum absolute atomic E-state index is 0.0189. The lowest BCUT2D eigenvalue weighted by Crippen LogP contribution is -2.62. The Labute approximate surface area is 332 Å². The van der Waals surface area contributed by atoms with Crippen LogP contribution in [0.4, 0.5) is 0 Å². The zero-order valence-corrected chi connectivity index (χ0v) is 32.9. The van der Waals surface area contributed by atoms with Crippen LogP contribution < -0.4 is 27.0 Å². The zero-order chi connectivity index (χ0) is 41.6. The number of carboxylic acid groups (broad SMARTS) is 1. The summed E-state index contributed by atoms with van der Waals surface area (Å²) in [5.41, 5.74) is 7.99. The van der Waals surface area contributed by atoms with Gasteiger partial charge in [0.1, 0.15) is 36.0 Å². The Morgan fingerprint density at radius 3 is 2.09 bits per heavy atom. The number of H-pyrrole nitrogens is 1. The molecule has 308 valence electrons. The predicted molar refractivity (Wildman–Crippen MR) is 211 cm³/mol. The number of aliphatic carboxylic acids is 1. The van der Waals surface area contributed by atoms with Gasteiger partial charge in [0.15, 0.2) is 0 Å². The molecule has 2 aromatic carbocycles. The molecule has 0 spiro atoms. The number of aromatic nitrogens is 2. The monoisotopic (exact) mass is 788 g/mol. The van der Waals surface area contributed by atoms with Crippen LogP contribution in [-0.2, 0) is 48.0 Å². The van der Waals surface area contributed by atoms with E-state index in [9.17, 15) is 39.0 Å². The van der Waals surface area contributed by atoms with E-state index in [0.29, 0.717) is 36.9 Å². The number of phenolic OH excluding ortho intramolecular Hbond substituents is 1. The van der Waals surface area contributed by atoms with E-state index in [-0.39, 0.29) is 37.5 Å². The van der Waals surface area contributed by atoms with E-state index in [1.54, 1.807) is 57.2 Å². The van der Waals surface area contributed by atoms with Crippen LogP contribution in [0.5, 0.6) is 5.75 Å². The quantitative estimate of drug-likeness (QED) is 0.0871. The highest BCUT2D eigenvalue weighted by atomic mass is 16.4. The number of nitrogens with two attached hydrogens (primary N) is 1. The van der Waals surface area contributed by atoms with Crippen molar-refractivity contribution in [2.75, 3.05) is 6.54 Å². The number of aromatic amines is 1. The van der Waals surface area contributed by atoms with Crippen molar-refractivity contribution in [2.24, 2.45) is 17.6 Å². The van der Waals surface area contributed by atoms with Crippen molar-refractivity contribution in [3.05, 3.63) is 83.9 Å². The Morgan fingerprint density at radius 1 is 0.825 bits per heavy atom. The Morgan fingerprint density at radius 2 is 1.47 bits per heavy atom. The van der Waals surface area contributed by atoms with Crippen LogP contribution in [0.3, 0.4) is 0 Å². The number of carbonyl (C=O) groups is 6. The molecule has 16 nitrogen and oxygen atoms in total. The number of amides is 5. The fraction of sp³-hybridized carbons (Fsp3) is 0.488. The summed E-state index contributed by atoms with van der Waals surface area (Å²) in [7, 11) is 0. The Hall–Kier alpha value is -5.77. The maximum absolute atomic E-state index is 14.5. The van der Waals surface area contributed by atoms with Crippen LogP contribution in [0.25, 0.3) is 0 Å². The SMILES string of the molecule is CC[C@H](C)[C@H](NC(=O)[C@H](Cc1ccc(O)cc1)NC(=O)[C@@H](N)C(C)C)C(=O)N[C@@H](Cc1cnc[nH]1)C(=O)N1CCCC[C@@H]1C(=O)N[C@@H](Cc1ccccc1)C(=O)O. The summed E-state index contributed by atoms with van der Waals surface area (Å²) in [6.07, 6.45) is 4.99. The predicted octanol–water partition coefficient (Wildman–Crippen LogP) is 1.58. The third-order valence-electron chi connectivity index (χ3n) is 10.4. The van der Waals surface area contributed by atoms with Gasteiger partial charge in [0, 0.05) is 37.7 Å². The number of benzene rings is 2. The molecule has 0 aliphatic carbocycles. The molecule has 2 heterocycles. The minimum Gasteiger partial charge on any atom is -0.508 e. The summed E-state index contributed by atoms with van der Waals surface area (Å²) in [6, 6.07) is 8.45. The number of carboxylic acids is 1. The number of rotatable bonds is 19. The van der Waals surface area contributed by atoms with Gasteiger partial charge in [0.25, 0.3) is 0 Å². The molecule has 4 rings (SSSR count). The van der Waals surface area contributed by atoms with Crippen LogP contribution in [0.1, 0.15) is 70.2 Å². The first-order chi connectivity index (χ1) is 27.2. The topological polar surface area (TPSA) is 249 Å². The number of carbonyl (C=O) groups excluding carboxylic acids is 5. The number of imidazole rings is 1. The standard InChI is InChI=1S/C41H56N8O8/c1-5-25(4)35(48-36(51)30(45-38(53)34(42)24(2)3)19-27-14-16-29(50)17-15-27)39(54)46-31(21-28-22-43-23-44-28)40(55)49-18-10-9-13-33(49)37(52)47-32(41(56)57)20-26-11-7-6-8-12-26/h6-8,11-12,14-17,22-25,30-35,50H,5,9-10,13,18-21,42H2,1-4H3,(H,43,44)(H,45,53)(H,46,54)(H,47,52)(H,48,51)(H,56,57)/t25-,30-,31-,32-,33+,34-,35-/m0/s1. The van der Waals surface area contributed by atoms with Gasteiger partial charge in [-0.2, -0.15) is 0 Å². The van der Waals surface area contributed by atoms with Gasteiger partial charge in [-0.1, -0.05) is 76.6 Å². The highest BCUT2D eigenvalue weighted by Gasteiger charge is 2.39. The number of aromatic hydroxyl groups is 1. The number of phenols is 1. The molecule has 1 fully saturated rings. The number of hydrogen-bond donors (Lipinski definition) is 8. The first kappa shape index (κ1) is 44.0. The van der Waals surface area contributed by atoms with Crippen molar-refractivity contribution in [2.45, 2.75) is 109 Å². The third kappa shape index (κ3) is 12.6. The molecule has 9 N–H and O–H groups in total. The van der Waals surface area contributed by atoms with E-state index < -0.39 is 77.7 Å². The summed E-state index contributed by atoms with van der Waals surface area (Å²) >= 11 is 0. The lowest BCUT2D eigenvalue weighted by Gasteiger charge is -2.38. The minimum atomic E-state index is -1.23. The summed E-state index contributed by atoms with van der Waals surface area (Å²) in [5, 5.41) is 30.8. The molecule has 0 saturated carbocycles. The number of nitrogens with zero attached hydrogens (tertiary/aromatic N) is 2. The molecule has 57 heavy (non-hydrogen) atoms. The van der Waals surface area contributed by atoms with Gasteiger partial charge in [-0.15, -0.1) is 0 Å². The Balaban J connectivity index is 1.57. The second kappa shape index (κ2) is 20.9. The fourth-order valence-electron chi connectivity index (χ4n) is 6.67. The number of likely N-dealkylation sites (tertiary alicyclic amines) is 1. The van der Waals surface area contributed by atoms with Gasteiger partial charge in [-0.05, 0) is 54.4 Å². The maximum Gasteiger partial charge on any atom is 0.326 e. The molecule has 5 amide bonds. The summed E-state index contributed by atoms with van der Waals surface area (Å²) in [6.45, 7) is 7.38. The summed E-state index contributed by atoms with van der Waals surface area (Å²) < 4.78 is 0. The molecule has 1 saturated heterocycles. The van der Waals surface area contributed by atoms with Gasteiger partial charge in [-0.25, -0.2) is 9.78 Å². The van der Waals surface area contributed by atoms with Crippen molar-refractivity contribution in [3.63, 3.8) is 0 Å². The second-order valence-electron chi connectivity index (χ2n) is 15.0. The summed E-state index contributed by atoms with van der Waals surface area (Å²) in [4.78, 5) is 90.1. The van der Waals surface area contributed by atoms with Gasteiger partial charge in [-0.3, -0.25) is 24.0 Å². The first-order valence-electron chi connectivity index (χ1n) is 19.5. The van der Waals surface area contributed by atoms with E-state index in [2.05, 4.69) is 31.2 Å². The van der Waals surface area contributed by atoms with Crippen LogP contribution >= 0.6 is 0 Å². The molecule has 3 aromatic rings. The van der Waals surface area contributed by atoms with Crippen LogP contribution in [-0.4, -0.2) is 103 Å². The van der Waals surface area contributed by atoms with E-state index >= 15 is 0 Å². The van der Waals surface area contributed by atoms with Gasteiger partial charge >= 0.3 is 5.97 Å².